The SMILES string of the molecule is CC(C)(C)c1n[nH]c2c1CCNC2. The van der Waals surface area contributed by atoms with Crippen molar-refractivity contribution in [2.45, 2.75) is 39.2 Å². The average molecular weight is 179 g/mol. The largest absolute Gasteiger partial charge is 0.311 e. The molecule has 0 unspecified atom stereocenters. The number of nitrogens with zero attached hydrogens (tertiary/aromatic N) is 1. The van der Waals surface area contributed by atoms with Crippen LogP contribution in [0.3, 0.4) is 0 Å². The maximum Gasteiger partial charge on any atom is 0.0711 e. The number of rotatable bonds is 0. The number of H-pyrrole nitrogens is 1. The van der Waals surface area contributed by atoms with Crippen LogP contribution in [0.2, 0.25) is 0 Å². The minimum absolute atomic E-state index is 0.168. The molecule has 2 N–H and O–H groups in total. The zero-order valence-corrected chi connectivity index (χ0v) is 8.57. The molecule has 1 aromatic heterocycles. The van der Waals surface area contributed by atoms with Crippen LogP contribution in [0.4, 0.5) is 0 Å². The van der Waals surface area contributed by atoms with Gasteiger partial charge in [0, 0.05) is 12.0 Å². The molecular weight excluding hydrogens is 162 g/mol. The predicted molar refractivity (Wildman–Crippen MR) is 52.7 cm³/mol. The molecule has 0 aliphatic carbocycles. The fourth-order valence-electron chi connectivity index (χ4n) is 1.86. The van der Waals surface area contributed by atoms with Crippen molar-refractivity contribution >= 4 is 0 Å². The molecule has 1 aliphatic rings. The highest BCUT2D eigenvalue weighted by Gasteiger charge is 2.24. The average Bonchev–Trinajstić information content (AvgIpc) is 2.45. The summed E-state index contributed by atoms with van der Waals surface area (Å²) in [5, 5.41) is 10.9. The third-order valence-electron chi connectivity index (χ3n) is 2.52. The van der Waals surface area contributed by atoms with E-state index in [1.807, 2.05) is 0 Å². The van der Waals surface area contributed by atoms with Gasteiger partial charge in [-0.3, -0.25) is 5.10 Å². The molecule has 13 heavy (non-hydrogen) atoms. The van der Waals surface area contributed by atoms with E-state index in [4.69, 9.17) is 0 Å². The van der Waals surface area contributed by atoms with E-state index in [-0.39, 0.29) is 5.41 Å². The van der Waals surface area contributed by atoms with Gasteiger partial charge in [-0.05, 0) is 18.5 Å². The van der Waals surface area contributed by atoms with Crippen LogP contribution in [0, 0.1) is 0 Å². The van der Waals surface area contributed by atoms with Crippen LogP contribution in [0.5, 0.6) is 0 Å². The van der Waals surface area contributed by atoms with Gasteiger partial charge in [0.15, 0.2) is 0 Å². The monoisotopic (exact) mass is 179 g/mol. The van der Waals surface area contributed by atoms with E-state index in [1.54, 1.807) is 0 Å². The molecule has 0 amide bonds. The molecule has 1 aliphatic heterocycles. The molecule has 3 nitrogen and oxygen atoms in total. The van der Waals surface area contributed by atoms with Crippen LogP contribution in [-0.2, 0) is 18.4 Å². The summed E-state index contributed by atoms with van der Waals surface area (Å²) < 4.78 is 0. The Morgan fingerprint density at radius 1 is 1.31 bits per heavy atom. The number of fused-ring (bicyclic) bond motifs is 1. The Kier molecular flexibility index (Phi) is 1.91. The molecule has 0 spiro atoms. The fraction of sp³-hybridized carbons (Fsp3) is 0.700. The highest BCUT2D eigenvalue weighted by Crippen LogP contribution is 2.27. The van der Waals surface area contributed by atoms with Gasteiger partial charge >= 0.3 is 0 Å². The zero-order valence-electron chi connectivity index (χ0n) is 8.57. The van der Waals surface area contributed by atoms with Crippen LogP contribution in [0.25, 0.3) is 0 Å². The van der Waals surface area contributed by atoms with E-state index < -0.39 is 0 Å². The summed E-state index contributed by atoms with van der Waals surface area (Å²) in [4.78, 5) is 0. The first kappa shape index (κ1) is 8.75. The lowest BCUT2D eigenvalue weighted by atomic mass is 9.87. The topological polar surface area (TPSA) is 40.7 Å². The highest BCUT2D eigenvalue weighted by atomic mass is 15.1. The highest BCUT2D eigenvalue weighted by molar-refractivity contribution is 5.31. The van der Waals surface area contributed by atoms with Crippen molar-refractivity contribution in [1.29, 1.82) is 0 Å². The van der Waals surface area contributed by atoms with Crippen molar-refractivity contribution in [2.75, 3.05) is 6.54 Å². The first-order valence-corrected chi connectivity index (χ1v) is 4.86. The Morgan fingerprint density at radius 3 is 2.77 bits per heavy atom. The molecule has 0 bridgehead atoms. The number of aromatic nitrogens is 2. The summed E-state index contributed by atoms with van der Waals surface area (Å²) in [7, 11) is 0. The van der Waals surface area contributed by atoms with E-state index in [0.29, 0.717) is 0 Å². The molecule has 2 rings (SSSR count). The van der Waals surface area contributed by atoms with Gasteiger partial charge in [-0.15, -0.1) is 0 Å². The van der Waals surface area contributed by atoms with Gasteiger partial charge < -0.3 is 5.32 Å². The Balaban J connectivity index is 2.43. The van der Waals surface area contributed by atoms with Crippen LogP contribution in [0.1, 0.15) is 37.7 Å². The number of aromatic amines is 1. The van der Waals surface area contributed by atoms with Gasteiger partial charge in [-0.2, -0.15) is 5.10 Å². The first-order valence-electron chi connectivity index (χ1n) is 4.86. The van der Waals surface area contributed by atoms with Crippen molar-refractivity contribution in [1.82, 2.24) is 15.5 Å². The quantitative estimate of drug-likeness (QED) is 0.631. The fourth-order valence-corrected chi connectivity index (χ4v) is 1.86. The number of nitrogens with one attached hydrogen (secondary N) is 2. The second-order valence-corrected chi connectivity index (χ2v) is 4.71. The minimum Gasteiger partial charge on any atom is -0.311 e. The Morgan fingerprint density at radius 2 is 2.08 bits per heavy atom. The smallest absolute Gasteiger partial charge is 0.0711 e. The summed E-state index contributed by atoms with van der Waals surface area (Å²) in [6.07, 6.45) is 1.11. The van der Waals surface area contributed by atoms with Crippen molar-refractivity contribution in [3.63, 3.8) is 0 Å². The molecule has 3 heteroatoms. The second-order valence-electron chi connectivity index (χ2n) is 4.71. The molecule has 1 aromatic rings. The van der Waals surface area contributed by atoms with Gasteiger partial charge in [0.1, 0.15) is 0 Å². The molecule has 0 saturated carbocycles. The summed E-state index contributed by atoms with van der Waals surface area (Å²) in [5.41, 5.74) is 4.12. The van der Waals surface area contributed by atoms with Crippen molar-refractivity contribution in [2.24, 2.45) is 0 Å². The zero-order chi connectivity index (χ0) is 9.47. The van der Waals surface area contributed by atoms with E-state index in [2.05, 4.69) is 36.3 Å². The van der Waals surface area contributed by atoms with E-state index in [9.17, 15) is 0 Å². The van der Waals surface area contributed by atoms with Crippen molar-refractivity contribution < 1.29 is 0 Å². The third-order valence-corrected chi connectivity index (χ3v) is 2.52. The van der Waals surface area contributed by atoms with Gasteiger partial charge in [0.25, 0.3) is 0 Å². The number of hydrogen-bond acceptors (Lipinski definition) is 2. The molecule has 0 saturated heterocycles. The summed E-state index contributed by atoms with van der Waals surface area (Å²) >= 11 is 0. The molecule has 0 aromatic carbocycles. The van der Waals surface area contributed by atoms with Crippen LogP contribution < -0.4 is 5.32 Å². The lowest BCUT2D eigenvalue weighted by Crippen LogP contribution is -2.25. The minimum atomic E-state index is 0.168. The standard InChI is InChI=1S/C10H17N3/c1-10(2,3)9-7-4-5-11-6-8(7)12-13-9/h11H,4-6H2,1-3H3,(H,12,13). The molecule has 0 atom stereocenters. The van der Waals surface area contributed by atoms with E-state index in [1.165, 1.54) is 17.0 Å². The Bertz CT molecular complexity index is 306. The Labute approximate surface area is 78.9 Å². The molecular formula is C10H17N3. The summed E-state index contributed by atoms with van der Waals surface area (Å²) in [6.45, 7) is 8.66. The third kappa shape index (κ3) is 1.48. The van der Waals surface area contributed by atoms with Crippen LogP contribution in [0.15, 0.2) is 0 Å². The summed E-state index contributed by atoms with van der Waals surface area (Å²) in [6, 6.07) is 0. The van der Waals surface area contributed by atoms with Gasteiger partial charge in [0.2, 0.25) is 0 Å². The van der Waals surface area contributed by atoms with Gasteiger partial charge in [0.05, 0.1) is 11.4 Å². The lowest BCUT2D eigenvalue weighted by Gasteiger charge is -2.20. The van der Waals surface area contributed by atoms with Crippen molar-refractivity contribution in [3.8, 4) is 0 Å². The van der Waals surface area contributed by atoms with Gasteiger partial charge in [-0.25, -0.2) is 0 Å². The lowest BCUT2D eigenvalue weighted by molar-refractivity contribution is 0.554. The van der Waals surface area contributed by atoms with Crippen LogP contribution in [-0.4, -0.2) is 16.7 Å². The predicted octanol–water partition coefficient (Wildman–Crippen LogP) is 1.35. The molecule has 0 fully saturated rings. The van der Waals surface area contributed by atoms with Crippen LogP contribution >= 0.6 is 0 Å². The maximum absolute atomic E-state index is 4.40. The number of hydrogen-bond donors (Lipinski definition) is 2. The second kappa shape index (κ2) is 2.84. The first-order chi connectivity index (χ1) is 6.09. The normalized spacial score (nSPS) is 17.2. The van der Waals surface area contributed by atoms with E-state index in [0.717, 1.165) is 19.5 Å². The molecule has 0 radical (unpaired) electrons. The molecule has 72 valence electrons. The van der Waals surface area contributed by atoms with Crippen molar-refractivity contribution in [3.05, 3.63) is 17.0 Å². The van der Waals surface area contributed by atoms with E-state index >= 15 is 0 Å². The maximum atomic E-state index is 4.40. The molecule has 2 heterocycles. The van der Waals surface area contributed by atoms with Gasteiger partial charge in [-0.1, -0.05) is 20.8 Å². The summed E-state index contributed by atoms with van der Waals surface area (Å²) in [5.74, 6) is 0. The Hall–Kier alpha value is -0.830.